The van der Waals surface area contributed by atoms with Gasteiger partial charge in [0.05, 0.1) is 16.7 Å². The Morgan fingerprint density at radius 3 is 2.21 bits per heavy atom. The van der Waals surface area contributed by atoms with Crippen LogP contribution in [0.5, 0.6) is 11.5 Å². The Labute approximate surface area is 162 Å². The number of amides is 1. The van der Waals surface area contributed by atoms with E-state index in [9.17, 15) is 39.6 Å². The molecule has 1 unspecified atom stereocenters. The molecule has 2 aliphatic carbocycles. The maximum absolute atomic E-state index is 13.0. The van der Waals surface area contributed by atoms with E-state index in [-0.39, 0.29) is 16.7 Å². The van der Waals surface area contributed by atoms with Gasteiger partial charge in [0.15, 0.2) is 0 Å². The quantitative estimate of drug-likeness (QED) is 0.341. The molecule has 0 fully saturated rings. The molecule has 2 aromatic carbocycles. The third kappa shape index (κ3) is 2.13. The van der Waals surface area contributed by atoms with Crippen LogP contribution >= 0.6 is 0 Å². The SMILES string of the molecule is CC1(O)c2cccc(O)c2C(=O)c2c1cc1c(c2O)C(O)=C(C(N)=O)C(=O)C1=O. The normalized spacial score (nSPS) is 20.3. The molecule has 1 atom stereocenters. The first-order valence-corrected chi connectivity index (χ1v) is 8.32. The summed E-state index contributed by atoms with van der Waals surface area (Å²) in [6, 6.07) is 5.02. The number of aromatic hydroxyl groups is 2. The molecule has 4 rings (SSSR count). The summed E-state index contributed by atoms with van der Waals surface area (Å²) in [5.74, 6) is -7.29. The second-order valence-corrected chi connectivity index (χ2v) is 6.92. The number of aliphatic hydroxyl groups excluding tert-OH is 1. The number of Topliss-reactive ketones (excluding diaryl/α,β-unsaturated/α-hetero) is 2. The van der Waals surface area contributed by atoms with Crippen LogP contribution in [0.4, 0.5) is 0 Å². The molecule has 2 aromatic rings. The predicted molar refractivity (Wildman–Crippen MR) is 96.4 cm³/mol. The van der Waals surface area contributed by atoms with E-state index in [2.05, 4.69) is 0 Å². The molecule has 29 heavy (non-hydrogen) atoms. The summed E-state index contributed by atoms with van der Waals surface area (Å²) in [6.07, 6.45) is 0. The Morgan fingerprint density at radius 1 is 0.931 bits per heavy atom. The number of primary amides is 1. The topological polar surface area (TPSA) is 175 Å². The number of fused-ring (bicyclic) bond motifs is 3. The van der Waals surface area contributed by atoms with Gasteiger partial charge in [-0.25, -0.2) is 0 Å². The number of rotatable bonds is 1. The number of carbonyl (C=O) groups excluding carboxylic acids is 4. The van der Waals surface area contributed by atoms with Crippen molar-refractivity contribution in [1.82, 2.24) is 0 Å². The lowest BCUT2D eigenvalue weighted by molar-refractivity contribution is -0.119. The van der Waals surface area contributed by atoms with Crippen LogP contribution in [-0.4, -0.2) is 43.7 Å². The first-order chi connectivity index (χ1) is 13.5. The third-order valence-electron chi connectivity index (χ3n) is 5.24. The molecule has 146 valence electrons. The molecule has 0 spiro atoms. The summed E-state index contributed by atoms with van der Waals surface area (Å²) in [5, 5.41) is 42.3. The Kier molecular flexibility index (Phi) is 3.50. The van der Waals surface area contributed by atoms with Crippen molar-refractivity contribution in [2.75, 3.05) is 0 Å². The zero-order chi connectivity index (χ0) is 21.4. The lowest BCUT2D eigenvalue weighted by Gasteiger charge is -2.34. The summed E-state index contributed by atoms with van der Waals surface area (Å²) >= 11 is 0. The van der Waals surface area contributed by atoms with Crippen LogP contribution < -0.4 is 5.73 Å². The lowest BCUT2D eigenvalue weighted by Crippen LogP contribution is -2.36. The average Bonchev–Trinajstić information content (AvgIpc) is 2.63. The van der Waals surface area contributed by atoms with Crippen molar-refractivity contribution >= 4 is 29.0 Å². The van der Waals surface area contributed by atoms with E-state index in [0.29, 0.717) is 0 Å². The van der Waals surface area contributed by atoms with Gasteiger partial charge in [-0.05, 0) is 19.1 Å². The molecular formula is C20H13NO8. The fourth-order valence-electron chi connectivity index (χ4n) is 3.85. The predicted octanol–water partition coefficient (Wildman–Crippen LogP) is 0.418. The fourth-order valence-corrected chi connectivity index (χ4v) is 3.85. The van der Waals surface area contributed by atoms with E-state index < -0.39 is 68.4 Å². The smallest absolute Gasteiger partial charge is 0.256 e. The van der Waals surface area contributed by atoms with E-state index >= 15 is 0 Å². The van der Waals surface area contributed by atoms with Gasteiger partial charge in [-0.3, -0.25) is 19.2 Å². The Balaban J connectivity index is 2.15. The second-order valence-electron chi connectivity index (χ2n) is 6.92. The summed E-state index contributed by atoms with van der Waals surface area (Å²) in [4.78, 5) is 49.2. The second kappa shape index (κ2) is 5.52. The summed E-state index contributed by atoms with van der Waals surface area (Å²) in [7, 11) is 0. The molecule has 0 heterocycles. The van der Waals surface area contributed by atoms with Crippen molar-refractivity contribution in [2.24, 2.45) is 5.73 Å². The number of phenolic OH excluding ortho intramolecular Hbond substituents is 2. The zero-order valence-corrected chi connectivity index (χ0v) is 14.8. The van der Waals surface area contributed by atoms with Crippen molar-refractivity contribution in [3.05, 3.63) is 63.2 Å². The highest BCUT2D eigenvalue weighted by Gasteiger charge is 2.46. The molecule has 0 bridgehead atoms. The van der Waals surface area contributed by atoms with Gasteiger partial charge in [-0.15, -0.1) is 0 Å². The van der Waals surface area contributed by atoms with Crippen LogP contribution in [0, 0.1) is 0 Å². The first-order valence-electron chi connectivity index (χ1n) is 8.32. The number of carbonyl (C=O) groups is 4. The minimum absolute atomic E-state index is 0.0292. The van der Waals surface area contributed by atoms with Crippen molar-refractivity contribution in [3.63, 3.8) is 0 Å². The Morgan fingerprint density at radius 2 is 1.59 bits per heavy atom. The monoisotopic (exact) mass is 395 g/mol. The molecule has 9 nitrogen and oxygen atoms in total. The van der Waals surface area contributed by atoms with Gasteiger partial charge in [-0.1, -0.05) is 12.1 Å². The highest BCUT2D eigenvalue weighted by atomic mass is 16.3. The van der Waals surface area contributed by atoms with E-state index in [4.69, 9.17) is 5.73 Å². The highest BCUT2D eigenvalue weighted by molar-refractivity contribution is 6.57. The van der Waals surface area contributed by atoms with Crippen molar-refractivity contribution < 1.29 is 39.6 Å². The van der Waals surface area contributed by atoms with Gasteiger partial charge < -0.3 is 26.2 Å². The molecule has 0 radical (unpaired) electrons. The summed E-state index contributed by atoms with van der Waals surface area (Å²) in [5.41, 5.74) is 0.0665. The van der Waals surface area contributed by atoms with E-state index in [0.717, 1.165) is 6.07 Å². The van der Waals surface area contributed by atoms with Crippen LogP contribution in [-0.2, 0) is 15.2 Å². The molecule has 2 aliphatic rings. The molecule has 9 heteroatoms. The molecule has 0 saturated carbocycles. The first kappa shape index (κ1) is 18.4. The lowest BCUT2D eigenvalue weighted by atomic mass is 9.72. The number of aliphatic hydroxyl groups is 2. The van der Waals surface area contributed by atoms with Gasteiger partial charge in [0.1, 0.15) is 28.4 Å². The number of nitrogens with two attached hydrogens (primary N) is 1. The van der Waals surface area contributed by atoms with Gasteiger partial charge >= 0.3 is 0 Å². The standard InChI is InChI=1S/C20H13NO8/c1-20(29)7-3-2-4-9(22)11(7)17(26)12-8(20)5-6-10(15(12)24)16(25)13(19(21)28)18(27)14(6)23/h2-5,22,24-25,29H,1H3,(H2,21,28). The number of benzene rings is 2. The number of hydrogen-bond donors (Lipinski definition) is 5. The summed E-state index contributed by atoms with van der Waals surface area (Å²) < 4.78 is 0. The Hall–Kier alpha value is -3.98. The molecule has 6 N–H and O–H groups in total. The van der Waals surface area contributed by atoms with Crippen LogP contribution in [0.2, 0.25) is 0 Å². The molecule has 1 amide bonds. The fraction of sp³-hybridized carbons (Fsp3) is 0.100. The maximum atomic E-state index is 13.0. The van der Waals surface area contributed by atoms with Crippen molar-refractivity contribution in [3.8, 4) is 11.5 Å². The highest BCUT2D eigenvalue weighted by Crippen LogP contribution is 2.48. The molecule has 0 aliphatic heterocycles. The van der Waals surface area contributed by atoms with Crippen LogP contribution in [0.1, 0.15) is 49.9 Å². The van der Waals surface area contributed by atoms with Gasteiger partial charge in [0.25, 0.3) is 5.91 Å². The zero-order valence-electron chi connectivity index (χ0n) is 14.8. The maximum Gasteiger partial charge on any atom is 0.256 e. The van der Waals surface area contributed by atoms with Crippen molar-refractivity contribution in [1.29, 1.82) is 0 Å². The van der Waals surface area contributed by atoms with Crippen LogP contribution in [0.15, 0.2) is 29.8 Å². The van der Waals surface area contributed by atoms with Crippen LogP contribution in [0.3, 0.4) is 0 Å². The third-order valence-corrected chi connectivity index (χ3v) is 5.24. The van der Waals surface area contributed by atoms with Gasteiger partial charge in [-0.2, -0.15) is 0 Å². The molecule has 0 saturated heterocycles. The number of hydrogen-bond acceptors (Lipinski definition) is 8. The van der Waals surface area contributed by atoms with E-state index in [1.807, 2.05) is 0 Å². The Bertz CT molecular complexity index is 1240. The van der Waals surface area contributed by atoms with Crippen molar-refractivity contribution in [2.45, 2.75) is 12.5 Å². The minimum Gasteiger partial charge on any atom is -0.507 e. The average molecular weight is 395 g/mol. The van der Waals surface area contributed by atoms with E-state index in [1.54, 1.807) is 0 Å². The molecular weight excluding hydrogens is 382 g/mol. The largest absolute Gasteiger partial charge is 0.507 e. The van der Waals surface area contributed by atoms with Crippen LogP contribution in [0.25, 0.3) is 5.76 Å². The van der Waals surface area contributed by atoms with E-state index in [1.165, 1.54) is 25.1 Å². The minimum atomic E-state index is -1.93. The summed E-state index contributed by atoms with van der Waals surface area (Å²) in [6.45, 7) is 1.28. The molecule has 0 aromatic heterocycles. The number of phenols is 2. The van der Waals surface area contributed by atoms with Gasteiger partial charge in [0.2, 0.25) is 17.3 Å². The number of ketones is 3. The van der Waals surface area contributed by atoms with Gasteiger partial charge in [0, 0.05) is 16.7 Å².